The van der Waals surface area contributed by atoms with E-state index in [4.69, 9.17) is 12.6 Å². The molecule has 2 radical (unpaired) electrons. The summed E-state index contributed by atoms with van der Waals surface area (Å²) in [6.45, 7) is 8.00. The van der Waals surface area contributed by atoms with Crippen molar-refractivity contribution in [3.8, 4) is 0 Å². The Morgan fingerprint density at radius 3 is 2.10 bits per heavy atom. The number of aromatic amines is 2. The molecule has 1 unspecified atom stereocenters. The van der Waals surface area contributed by atoms with Crippen LogP contribution in [0, 0.1) is 0 Å². The van der Waals surface area contributed by atoms with E-state index in [9.17, 15) is 9.59 Å². The van der Waals surface area contributed by atoms with Crippen molar-refractivity contribution in [2.45, 2.75) is 33.6 Å². The van der Waals surface area contributed by atoms with E-state index in [1.807, 2.05) is 52.0 Å². The van der Waals surface area contributed by atoms with Crippen molar-refractivity contribution in [1.82, 2.24) is 9.97 Å². The summed E-state index contributed by atoms with van der Waals surface area (Å²) in [5, 5.41) is 0. The minimum absolute atomic E-state index is 0.200. The SMILES string of the molecule is CC.CC.[B]c1cc(C(c2ccc(C(=O)OC)cc2)c2ccc(C=O)[nH]2)[nH]c1Br. The third-order valence-electron chi connectivity index (χ3n) is 3.96. The Morgan fingerprint density at radius 2 is 1.66 bits per heavy atom. The quantitative estimate of drug-likeness (QED) is 0.331. The molecular weight excluding hydrogens is 431 g/mol. The highest BCUT2D eigenvalue weighted by atomic mass is 79.9. The fourth-order valence-corrected chi connectivity index (χ4v) is 3.09. The molecule has 0 amide bonds. The number of hydrogen-bond donors (Lipinski definition) is 2. The lowest BCUT2D eigenvalue weighted by Gasteiger charge is -2.16. The fraction of sp³-hybridized carbons (Fsp3) is 0.273. The summed E-state index contributed by atoms with van der Waals surface area (Å²) in [6, 6.07) is 12.5. The average molecular weight is 457 g/mol. The second kappa shape index (κ2) is 12.1. The maximum Gasteiger partial charge on any atom is 0.337 e. The number of ether oxygens (including phenoxy) is 1. The molecule has 7 heteroatoms. The molecule has 0 saturated heterocycles. The summed E-state index contributed by atoms with van der Waals surface area (Å²) in [5.74, 6) is -0.591. The van der Waals surface area contributed by atoms with Crippen LogP contribution in [0.25, 0.3) is 0 Å². The van der Waals surface area contributed by atoms with E-state index in [1.165, 1.54) is 7.11 Å². The largest absolute Gasteiger partial charge is 0.465 e. The highest BCUT2D eigenvalue weighted by Crippen LogP contribution is 2.31. The monoisotopic (exact) mass is 456 g/mol. The van der Waals surface area contributed by atoms with Crippen LogP contribution >= 0.6 is 15.9 Å². The molecule has 2 aromatic heterocycles. The molecule has 0 aliphatic carbocycles. The highest BCUT2D eigenvalue weighted by Gasteiger charge is 2.21. The summed E-state index contributed by atoms with van der Waals surface area (Å²) in [5.41, 5.74) is 4.17. The summed E-state index contributed by atoms with van der Waals surface area (Å²) >= 11 is 3.38. The van der Waals surface area contributed by atoms with Crippen molar-refractivity contribution in [2.24, 2.45) is 0 Å². The van der Waals surface area contributed by atoms with Gasteiger partial charge in [-0.05, 0) is 51.8 Å². The van der Waals surface area contributed by atoms with E-state index in [0.29, 0.717) is 21.3 Å². The molecule has 2 heterocycles. The number of nitrogens with one attached hydrogen (secondary N) is 2. The molecule has 2 N–H and O–H groups in total. The molecular formula is C22H26BBrN2O3. The maximum atomic E-state index is 11.6. The molecule has 29 heavy (non-hydrogen) atoms. The van der Waals surface area contributed by atoms with Gasteiger partial charge < -0.3 is 14.7 Å². The predicted octanol–water partition coefficient (Wildman–Crippen LogP) is 4.73. The summed E-state index contributed by atoms with van der Waals surface area (Å²) in [4.78, 5) is 28.9. The number of methoxy groups -OCH3 is 1. The Kier molecular flexibility index (Phi) is 10.2. The lowest BCUT2D eigenvalue weighted by Crippen LogP contribution is -2.07. The molecule has 1 atom stereocenters. The number of halogens is 1. The van der Waals surface area contributed by atoms with Gasteiger partial charge in [-0.2, -0.15) is 0 Å². The molecule has 0 aliphatic rings. The number of carbonyl (C=O) groups is 2. The molecule has 5 nitrogen and oxygen atoms in total. The number of H-pyrrole nitrogens is 2. The molecule has 0 fully saturated rings. The van der Waals surface area contributed by atoms with E-state index >= 15 is 0 Å². The summed E-state index contributed by atoms with van der Waals surface area (Å²) in [6.07, 6.45) is 0.764. The molecule has 3 rings (SSSR count). The first-order valence-electron chi connectivity index (χ1n) is 9.49. The van der Waals surface area contributed by atoms with E-state index in [-0.39, 0.29) is 5.92 Å². The third kappa shape index (κ3) is 5.97. The Morgan fingerprint density at radius 1 is 1.03 bits per heavy atom. The van der Waals surface area contributed by atoms with Crippen molar-refractivity contribution in [3.05, 3.63) is 75.3 Å². The van der Waals surface area contributed by atoms with Crippen molar-refractivity contribution in [3.63, 3.8) is 0 Å². The van der Waals surface area contributed by atoms with Gasteiger partial charge in [-0.15, -0.1) is 0 Å². The second-order valence-corrected chi connectivity index (χ2v) is 6.32. The van der Waals surface area contributed by atoms with Crippen LogP contribution in [0.5, 0.6) is 0 Å². The topological polar surface area (TPSA) is 75.0 Å². The van der Waals surface area contributed by atoms with Crippen LogP contribution in [0.3, 0.4) is 0 Å². The van der Waals surface area contributed by atoms with Crippen LogP contribution in [0.4, 0.5) is 0 Å². The van der Waals surface area contributed by atoms with Gasteiger partial charge in [-0.3, -0.25) is 4.79 Å². The van der Waals surface area contributed by atoms with Crippen LogP contribution in [0.15, 0.2) is 47.1 Å². The number of rotatable bonds is 5. The van der Waals surface area contributed by atoms with Crippen LogP contribution in [-0.4, -0.2) is 37.2 Å². The lowest BCUT2D eigenvalue weighted by atomic mass is 9.90. The summed E-state index contributed by atoms with van der Waals surface area (Å²) < 4.78 is 5.43. The summed E-state index contributed by atoms with van der Waals surface area (Å²) in [7, 11) is 7.29. The lowest BCUT2D eigenvalue weighted by molar-refractivity contribution is 0.0600. The first-order valence-corrected chi connectivity index (χ1v) is 10.3. The second-order valence-electron chi connectivity index (χ2n) is 5.53. The zero-order chi connectivity index (χ0) is 22.0. The van der Waals surface area contributed by atoms with Crippen molar-refractivity contribution < 1.29 is 14.3 Å². The van der Waals surface area contributed by atoms with Gasteiger partial charge in [0.1, 0.15) is 7.85 Å². The molecule has 0 aliphatic heterocycles. The number of benzene rings is 1. The van der Waals surface area contributed by atoms with E-state index in [1.54, 1.807) is 18.2 Å². The molecule has 3 aromatic rings. The smallest absolute Gasteiger partial charge is 0.337 e. The standard InChI is InChI=1S/C18H14BBrN2O3.2C2H6/c1-25-18(24)11-4-2-10(3-5-11)16(14-7-6-12(9-23)21-14)15-8-13(19)17(20)22-15;2*1-2/h2-9,16,21-22H,1H3;2*1-2H3. The molecule has 0 saturated carbocycles. The molecule has 0 spiro atoms. The van der Waals surface area contributed by atoms with E-state index in [2.05, 4.69) is 25.9 Å². The van der Waals surface area contributed by atoms with E-state index in [0.717, 1.165) is 23.2 Å². The van der Waals surface area contributed by atoms with Crippen molar-refractivity contribution in [1.29, 1.82) is 0 Å². The van der Waals surface area contributed by atoms with Crippen LogP contribution in [-0.2, 0) is 4.74 Å². The van der Waals surface area contributed by atoms with E-state index < -0.39 is 5.97 Å². The van der Waals surface area contributed by atoms with Crippen molar-refractivity contribution >= 4 is 41.5 Å². The van der Waals surface area contributed by atoms with Gasteiger partial charge in [0.25, 0.3) is 0 Å². The molecule has 1 aromatic carbocycles. The van der Waals surface area contributed by atoms with Crippen LogP contribution in [0.2, 0.25) is 0 Å². The zero-order valence-electron chi connectivity index (χ0n) is 17.4. The zero-order valence-corrected chi connectivity index (χ0v) is 19.0. The molecule has 152 valence electrons. The highest BCUT2D eigenvalue weighted by molar-refractivity contribution is 9.10. The minimum Gasteiger partial charge on any atom is -0.465 e. The van der Waals surface area contributed by atoms with Crippen LogP contribution < -0.4 is 5.46 Å². The first kappa shape index (κ1) is 24.5. The number of esters is 1. The van der Waals surface area contributed by atoms with Gasteiger partial charge in [0.2, 0.25) is 0 Å². The Hall–Kier alpha value is -2.54. The average Bonchev–Trinajstić information content (AvgIpc) is 3.37. The van der Waals surface area contributed by atoms with Gasteiger partial charge in [-0.1, -0.05) is 45.3 Å². The fourth-order valence-electron chi connectivity index (χ4n) is 2.74. The van der Waals surface area contributed by atoms with Gasteiger partial charge in [0, 0.05) is 11.4 Å². The van der Waals surface area contributed by atoms with Gasteiger partial charge in [0.05, 0.1) is 28.9 Å². The van der Waals surface area contributed by atoms with Gasteiger partial charge in [0.15, 0.2) is 6.29 Å². The van der Waals surface area contributed by atoms with Crippen molar-refractivity contribution in [2.75, 3.05) is 7.11 Å². The Bertz CT molecular complexity index is 897. The Labute approximate surface area is 181 Å². The van der Waals surface area contributed by atoms with Gasteiger partial charge >= 0.3 is 5.97 Å². The molecule has 0 bridgehead atoms. The third-order valence-corrected chi connectivity index (χ3v) is 4.62. The number of aldehydes is 1. The van der Waals surface area contributed by atoms with Crippen LogP contribution in [0.1, 0.15) is 71.4 Å². The predicted molar refractivity (Wildman–Crippen MR) is 121 cm³/mol. The normalized spacial score (nSPS) is 10.7. The number of carbonyl (C=O) groups excluding carboxylic acids is 2. The first-order chi connectivity index (χ1) is 14.0. The maximum absolute atomic E-state index is 11.6. The number of hydrogen-bond acceptors (Lipinski definition) is 3. The number of aromatic nitrogens is 2. The Balaban J connectivity index is 0.000000989. The van der Waals surface area contributed by atoms with Gasteiger partial charge in [-0.25, -0.2) is 4.79 Å². The minimum atomic E-state index is -0.391.